The number of halogens is 1. The monoisotopic (exact) mass is 331 g/mol. The van der Waals surface area contributed by atoms with Crippen molar-refractivity contribution in [3.8, 4) is 0 Å². The first-order chi connectivity index (χ1) is 8.48. The standard InChI is InChI=1S/C12H14BrNO3S/c1-12(11(16)17-2)4-5-14(7-12)10(15)9-8(13)3-6-18-9/h3,6H,4-5,7H2,1-2H3/t12-/m0/s1. The van der Waals surface area contributed by atoms with Gasteiger partial charge in [0, 0.05) is 17.6 Å². The van der Waals surface area contributed by atoms with Crippen LogP contribution in [0.1, 0.15) is 23.0 Å². The van der Waals surface area contributed by atoms with Crippen LogP contribution in [0.5, 0.6) is 0 Å². The molecule has 0 bridgehead atoms. The summed E-state index contributed by atoms with van der Waals surface area (Å²) in [6, 6.07) is 1.85. The number of rotatable bonds is 2. The van der Waals surface area contributed by atoms with E-state index >= 15 is 0 Å². The Morgan fingerprint density at radius 3 is 2.83 bits per heavy atom. The van der Waals surface area contributed by atoms with Crippen molar-refractivity contribution in [1.29, 1.82) is 0 Å². The van der Waals surface area contributed by atoms with Gasteiger partial charge in [0.05, 0.1) is 12.5 Å². The zero-order valence-corrected chi connectivity index (χ0v) is 12.6. The molecule has 1 amide bonds. The Kier molecular flexibility index (Phi) is 3.77. The third-order valence-electron chi connectivity index (χ3n) is 3.25. The number of esters is 1. The zero-order valence-electron chi connectivity index (χ0n) is 10.2. The van der Waals surface area contributed by atoms with Crippen molar-refractivity contribution in [3.63, 3.8) is 0 Å². The summed E-state index contributed by atoms with van der Waals surface area (Å²) in [6.45, 7) is 2.85. The van der Waals surface area contributed by atoms with E-state index in [9.17, 15) is 9.59 Å². The number of methoxy groups -OCH3 is 1. The van der Waals surface area contributed by atoms with Crippen molar-refractivity contribution >= 4 is 39.1 Å². The van der Waals surface area contributed by atoms with Gasteiger partial charge in [-0.15, -0.1) is 11.3 Å². The molecule has 0 N–H and O–H groups in total. The molecule has 1 atom stereocenters. The Morgan fingerprint density at radius 2 is 2.28 bits per heavy atom. The Morgan fingerprint density at radius 1 is 1.56 bits per heavy atom. The highest BCUT2D eigenvalue weighted by molar-refractivity contribution is 9.10. The highest BCUT2D eigenvalue weighted by Crippen LogP contribution is 2.33. The fourth-order valence-corrected chi connectivity index (χ4v) is 3.65. The second kappa shape index (κ2) is 5.01. The van der Waals surface area contributed by atoms with E-state index in [2.05, 4.69) is 15.9 Å². The van der Waals surface area contributed by atoms with Gasteiger partial charge in [0.2, 0.25) is 0 Å². The van der Waals surface area contributed by atoms with Crippen molar-refractivity contribution < 1.29 is 14.3 Å². The molecule has 1 fully saturated rings. The minimum atomic E-state index is -0.575. The lowest BCUT2D eigenvalue weighted by molar-refractivity contribution is -0.150. The van der Waals surface area contributed by atoms with Crippen LogP contribution in [0.3, 0.4) is 0 Å². The topological polar surface area (TPSA) is 46.6 Å². The summed E-state index contributed by atoms with van der Waals surface area (Å²) in [5.74, 6) is -0.271. The van der Waals surface area contributed by atoms with E-state index in [1.807, 2.05) is 18.4 Å². The Balaban J connectivity index is 2.12. The lowest BCUT2D eigenvalue weighted by Crippen LogP contribution is -2.35. The van der Waals surface area contributed by atoms with Crippen LogP contribution in [0.2, 0.25) is 0 Å². The number of likely N-dealkylation sites (tertiary alicyclic amines) is 1. The number of amides is 1. The maximum atomic E-state index is 12.3. The molecule has 6 heteroatoms. The third kappa shape index (κ3) is 2.31. The van der Waals surface area contributed by atoms with Crippen molar-refractivity contribution in [2.75, 3.05) is 20.2 Å². The second-order valence-electron chi connectivity index (χ2n) is 4.63. The van der Waals surface area contributed by atoms with Crippen molar-refractivity contribution in [2.24, 2.45) is 5.41 Å². The van der Waals surface area contributed by atoms with Gasteiger partial charge in [-0.2, -0.15) is 0 Å². The molecule has 0 aromatic carbocycles. The van der Waals surface area contributed by atoms with Crippen molar-refractivity contribution in [1.82, 2.24) is 4.90 Å². The Bertz CT molecular complexity index is 487. The van der Waals surface area contributed by atoms with Crippen LogP contribution in [-0.2, 0) is 9.53 Å². The highest BCUT2D eigenvalue weighted by atomic mass is 79.9. The van der Waals surface area contributed by atoms with E-state index in [0.717, 1.165) is 4.47 Å². The van der Waals surface area contributed by atoms with Crippen LogP contribution < -0.4 is 0 Å². The summed E-state index contributed by atoms with van der Waals surface area (Å²) in [4.78, 5) is 26.4. The molecule has 0 unspecified atom stereocenters. The molecule has 18 heavy (non-hydrogen) atoms. The van der Waals surface area contributed by atoms with E-state index in [-0.39, 0.29) is 11.9 Å². The first-order valence-electron chi connectivity index (χ1n) is 5.58. The Hall–Kier alpha value is -0.880. The van der Waals surface area contributed by atoms with Crippen LogP contribution in [0.15, 0.2) is 15.9 Å². The molecule has 2 rings (SSSR count). The predicted octanol–water partition coefficient (Wildman–Crippen LogP) is 2.54. The molecule has 0 radical (unpaired) electrons. The predicted molar refractivity (Wildman–Crippen MR) is 72.7 cm³/mol. The number of hydrogen-bond donors (Lipinski definition) is 0. The van der Waals surface area contributed by atoms with E-state index in [1.54, 1.807) is 4.90 Å². The van der Waals surface area contributed by atoms with Gasteiger partial charge in [0.25, 0.3) is 5.91 Å². The molecule has 98 valence electrons. The first-order valence-corrected chi connectivity index (χ1v) is 7.26. The number of carbonyl (C=O) groups is 2. The maximum Gasteiger partial charge on any atom is 0.313 e. The van der Waals surface area contributed by atoms with Gasteiger partial charge >= 0.3 is 5.97 Å². The highest BCUT2D eigenvalue weighted by Gasteiger charge is 2.43. The average molecular weight is 332 g/mol. The SMILES string of the molecule is COC(=O)[C@@]1(C)CCN(C(=O)c2sccc2Br)C1. The van der Waals surface area contributed by atoms with Crippen LogP contribution >= 0.6 is 27.3 Å². The molecule has 0 aliphatic carbocycles. The van der Waals surface area contributed by atoms with E-state index < -0.39 is 5.41 Å². The van der Waals surface area contributed by atoms with Crippen LogP contribution in [0.4, 0.5) is 0 Å². The summed E-state index contributed by atoms with van der Waals surface area (Å²) in [6.07, 6.45) is 0.647. The van der Waals surface area contributed by atoms with E-state index in [1.165, 1.54) is 18.4 Å². The summed E-state index contributed by atoms with van der Waals surface area (Å²) in [5, 5.41) is 1.87. The minimum Gasteiger partial charge on any atom is -0.469 e. The smallest absolute Gasteiger partial charge is 0.313 e. The first kappa shape index (κ1) is 13.5. The van der Waals surface area contributed by atoms with Gasteiger partial charge in [-0.25, -0.2) is 0 Å². The van der Waals surface area contributed by atoms with Gasteiger partial charge in [-0.05, 0) is 40.7 Å². The molecular formula is C12H14BrNO3S. The molecule has 2 heterocycles. The Labute approximate surface area is 118 Å². The minimum absolute atomic E-state index is 0.0236. The summed E-state index contributed by atoms with van der Waals surface area (Å²) < 4.78 is 5.61. The number of carbonyl (C=O) groups excluding carboxylic acids is 2. The number of hydrogen-bond acceptors (Lipinski definition) is 4. The summed E-state index contributed by atoms with van der Waals surface area (Å²) in [7, 11) is 1.38. The summed E-state index contributed by atoms with van der Waals surface area (Å²) >= 11 is 4.76. The fourth-order valence-electron chi connectivity index (χ4n) is 2.14. The van der Waals surface area contributed by atoms with Crippen molar-refractivity contribution in [2.45, 2.75) is 13.3 Å². The quantitative estimate of drug-likeness (QED) is 0.782. The van der Waals surface area contributed by atoms with Gasteiger partial charge in [-0.1, -0.05) is 0 Å². The second-order valence-corrected chi connectivity index (χ2v) is 6.40. The molecule has 1 aromatic rings. The molecule has 1 aliphatic heterocycles. The molecule has 1 aromatic heterocycles. The largest absolute Gasteiger partial charge is 0.469 e. The number of ether oxygens (including phenoxy) is 1. The maximum absolute atomic E-state index is 12.3. The molecule has 4 nitrogen and oxygen atoms in total. The average Bonchev–Trinajstić information content (AvgIpc) is 2.95. The summed E-state index contributed by atoms with van der Waals surface area (Å²) in [5.41, 5.74) is -0.575. The van der Waals surface area contributed by atoms with Gasteiger partial charge < -0.3 is 9.64 Å². The van der Waals surface area contributed by atoms with Crippen LogP contribution in [-0.4, -0.2) is 37.0 Å². The lowest BCUT2D eigenvalue weighted by atomic mass is 9.90. The van der Waals surface area contributed by atoms with Crippen LogP contribution in [0.25, 0.3) is 0 Å². The molecule has 0 spiro atoms. The molecular weight excluding hydrogens is 318 g/mol. The third-order valence-corrected chi connectivity index (χ3v) is 5.08. The van der Waals surface area contributed by atoms with Crippen molar-refractivity contribution in [3.05, 3.63) is 20.8 Å². The van der Waals surface area contributed by atoms with Gasteiger partial charge in [0.1, 0.15) is 4.88 Å². The molecule has 0 saturated carbocycles. The van der Waals surface area contributed by atoms with E-state index in [4.69, 9.17) is 4.74 Å². The normalized spacial score (nSPS) is 23.2. The van der Waals surface area contributed by atoms with Crippen LogP contribution in [0, 0.1) is 5.41 Å². The number of nitrogens with zero attached hydrogens (tertiary/aromatic N) is 1. The zero-order chi connectivity index (χ0) is 13.3. The van der Waals surface area contributed by atoms with Gasteiger partial charge in [-0.3, -0.25) is 9.59 Å². The number of thiophene rings is 1. The lowest BCUT2D eigenvalue weighted by Gasteiger charge is -2.21. The van der Waals surface area contributed by atoms with E-state index in [0.29, 0.717) is 24.4 Å². The fraction of sp³-hybridized carbons (Fsp3) is 0.500. The van der Waals surface area contributed by atoms with Gasteiger partial charge in [0.15, 0.2) is 0 Å². The molecule has 1 saturated heterocycles. The molecule has 1 aliphatic rings.